The molecule has 0 aliphatic carbocycles. The van der Waals surface area contributed by atoms with Crippen LogP contribution in [0.1, 0.15) is 32.6 Å². The molecule has 6 heteroatoms. The van der Waals surface area contributed by atoms with E-state index in [-0.39, 0.29) is 16.6 Å². The molecule has 0 bridgehead atoms. The highest BCUT2D eigenvalue weighted by Crippen LogP contribution is 2.29. The normalized spacial score (nSPS) is 22.1. The predicted molar refractivity (Wildman–Crippen MR) is 77.7 cm³/mol. The van der Waals surface area contributed by atoms with Gasteiger partial charge in [-0.3, -0.25) is 0 Å². The third-order valence-corrected chi connectivity index (χ3v) is 5.86. The summed E-state index contributed by atoms with van der Waals surface area (Å²) >= 11 is 5.89. The van der Waals surface area contributed by atoms with Crippen molar-refractivity contribution in [3.05, 3.63) is 23.2 Å². The molecule has 0 radical (unpaired) electrons. The lowest BCUT2D eigenvalue weighted by Gasteiger charge is -2.26. The van der Waals surface area contributed by atoms with Gasteiger partial charge in [0.2, 0.25) is 10.0 Å². The topological polar surface area (TPSA) is 63.4 Å². The van der Waals surface area contributed by atoms with Crippen LogP contribution in [-0.2, 0) is 10.0 Å². The zero-order chi connectivity index (χ0) is 14.0. The third-order valence-electron chi connectivity index (χ3n) is 3.55. The molecule has 2 N–H and O–H groups in total. The molecule has 0 saturated carbocycles. The lowest BCUT2D eigenvalue weighted by molar-refractivity contribution is 0.342. The quantitative estimate of drug-likeness (QED) is 0.854. The number of anilines is 1. The molecule has 1 aromatic rings. The molecule has 0 spiro atoms. The number of benzene rings is 1. The first-order chi connectivity index (χ1) is 8.93. The Balaban J connectivity index is 2.43. The highest BCUT2D eigenvalue weighted by molar-refractivity contribution is 7.89. The SMILES string of the molecule is CC1CCCCCN1S(=O)(=O)c1cc(Cl)ccc1N. The van der Waals surface area contributed by atoms with Gasteiger partial charge in [-0.15, -0.1) is 0 Å². The summed E-state index contributed by atoms with van der Waals surface area (Å²) in [5.41, 5.74) is 6.05. The van der Waals surface area contributed by atoms with E-state index in [0.29, 0.717) is 11.6 Å². The molecule has 0 aromatic heterocycles. The molecule has 106 valence electrons. The second-order valence-electron chi connectivity index (χ2n) is 5.00. The summed E-state index contributed by atoms with van der Waals surface area (Å²) in [6.07, 6.45) is 3.92. The second kappa shape index (κ2) is 5.69. The van der Waals surface area contributed by atoms with Gasteiger partial charge in [0.15, 0.2) is 0 Å². The molecule has 1 aromatic carbocycles. The highest BCUT2D eigenvalue weighted by Gasteiger charge is 2.31. The van der Waals surface area contributed by atoms with Crippen LogP contribution in [0, 0.1) is 0 Å². The number of halogens is 1. The predicted octanol–water partition coefficient (Wildman–Crippen LogP) is 2.88. The van der Waals surface area contributed by atoms with E-state index in [0.717, 1.165) is 25.7 Å². The Morgan fingerprint density at radius 3 is 2.79 bits per heavy atom. The minimum Gasteiger partial charge on any atom is -0.398 e. The van der Waals surface area contributed by atoms with Gasteiger partial charge >= 0.3 is 0 Å². The molecule has 2 rings (SSSR count). The summed E-state index contributed by atoms with van der Waals surface area (Å²) in [6.45, 7) is 2.50. The molecule has 1 unspecified atom stereocenters. The van der Waals surface area contributed by atoms with E-state index in [9.17, 15) is 8.42 Å². The van der Waals surface area contributed by atoms with Crippen molar-refractivity contribution in [1.29, 1.82) is 0 Å². The molecular weight excluding hydrogens is 284 g/mol. The zero-order valence-corrected chi connectivity index (χ0v) is 12.5. The van der Waals surface area contributed by atoms with Gasteiger partial charge in [0, 0.05) is 17.6 Å². The minimum atomic E-state index is -3.56. The molecule has 0 amide bonds. The molecule has 19 heavy (non-hydrogen) atoms. The van der Waals surface area contributed by atoms with Gasteiger partial charge in [0.25, 0.3) is 0 Å². The van der Waals surface area contributed by atoms with Crippen molar-refractivity contribution in [2.75, 3.05) is 12.3 Å². The van der Waals surface area contributed by atoms with Crippen molar-refractivity contribution >= 4 is 27.3 Å². The molecule has 1 saturated heterocycles. The first-order valence-corrected chi connectivity index (χ1v) is 8.31. The maximum absolute atomic E-state index is 12.7. The van der Waals surface area contributed by atoms with Crippen LogP contribution >= 0.6 is 11.6 Å². The summed E-state index contributed by atoms with van der Waals surface area (Å²) in [4.78, 5) is 0.119. The first kappa shape index (κ1) is 14.6. The Morgan fingerprint density at radius 1 is 1.32 bits per heavy atom. The Bertz CT molecular complexity index is 560. The van der Waals surface area contributed by atoms with Crippen molar-refractivity contribution in [1.82, 2.24) is 4.31 Å². The fourth-order valence-electron chi connectivity index (χ4n) is 2.46. The van der Waals surface area contributed by atoms with Gasteiger partial charge in [-0.2, -0.15) is 4.31 Å². The molecule has 1 atom stereocenters. The van der Waals surface area contributed by atoms with Gasteiger partial charge in [-0.05, 0) is 38.0 Å². The van der Waals surface area contributed by atoms with Crippen molar-refractivity contribution in [2.45, 2.75) is 43.5 Å². The van der Waals surface area contributed by atoms with Gasteiger partial charge in [-0.25, -0.2) is 8.42 Å². The van der Waals surface area contributed by atoms with Crippen molar-refractivity contribution in [3.8, 4) is 0 Å². The molecular formula is C13H19ClN2O2S. The summed E-state index contributed by atoms with van der Waals surface area (Å²) in [5.74, 6) is 0. The maximum atomic E-state index is 12.7. The Kier molecular flexibility index (Phi) is 4.38. The third kappa shape index (κ3) is 3.04. The number of hydrogen-bond donors (Lipinski definition) is 1. The largest absolute Gasteiger partial charge is 0.398 e. The number of hydrogen-bond acceptors (Lipinski definition) is 3. The Hall–Kier alpha value is -0.780. The average Bonchev–Trinajstić information content (AvgIpc) is 2.57. The lowest BCUT2D eigenvalue weighted by atomic mass is 10.1. The van der Waals surface area contributed by atoms with Gasteiger partial charge in [0.1, 0.15) is 4.90 Å². The summed E-state index contributed by atoms with van der Waals surface area (Å²) < 4.78 is 27.0. The second-order valence-corrected chi connectivity index (χ2v) is 7.29. The molecule has 1 aliphatic rings. The van der Waals surface area contributed by atoms with E-state index < -0.39 is 10.0 Å². The summed E-state index contributed by atoms with van der Waals surface area (Å²) in [6, 6.07) is 4.58. The Labute approximate surface area is 119 Å². The van der Waals surface area contributed by atoms with E-state index in [1.165, 1.54) is 12.1 Å². The maximum Gasteiger partial charge on any atom is 0.245 e. The number of nitrogen functional groups attached to an aromatic ring is 1. The van der Waals surface area contributed by atoms with Crippen molar-refractivity contribution in [2.24, 2.45) is 0 Å². The van der Waals surface area contributed by atoms with Crippen LogP contribution in [0.25, 0.3) is 0 Å². The van der Waals surface area contributed by atoms with Crippen molar-refractivity contribution in [3.63, 3.8) is 0 Å². The van der Waals surface area contributed by atoms with Gasteiger partial charge in [-0.1, -0.05) is 24.4 Å². The van der Waals surface area contributed by atoms with E-state index in [1.807, 2.05) is 6.92 Å². The molecule has 1 heterocycles. The monoisotopic (exact) mass is 302 g/mol. The number of sulfonamides is 1. The number of nitrogens with zero attached hydrogens (tertiary/aromatic N) is 1. The number of nitrogens with two attached hydrogens (primary N) is 1. The smallest absolute Gasteiger partial charge is 0.245 e. The van der Waals surface area contributed by atoms with Crippen LogP contribution in [0.2, 0.25) is 5.02 Å². The summed E-state index contributed by atoms with van der Waals surface area (Å²) in [7, 11) is -3.56. The van der Waals surface area contributed by atoms with E-state index in [4.69, 9.17) is 17.3 Å². The minimum absolute atomic E-state index is 0.00545. The fourth-order valence-corrected chi connectivity index (χ4v) is 4.54. The molecule has 1 fully saturated rings. The van der Waals surface area contributed by atoms with Crippen LogP contribution in [0.5, 0.6) is 0 Å². The summed E-state index contributed by atoms with van der Waals surface area (Å²) in [5, 5.41) is 0.384. The molecule has 1 aliphatic heterocycles. The van der Waals surface area contributed by atoms with Crippen LogP contribution in [0.15, 0.2) is 23.1 Å². The van der Waals surface area contributed by atoms with Crippen LogP contribution in [-0.4, -0.2) is 25.3 Å². The van der Waals surface area contributed by atoms with E-state index >= 15 is 0 Å². The van der Waals surface area contributed by atoms with Crippen LogP contribution in [0.3, 0.4) is 0 Å². The van der Waals surface area contributed by atoms with E-state index in [2.05, 4.69) is 0 Å². The number of rotatable bonds is 2. The lowest BCUT2D eigenvalue weighted by Crippen LogP contribution is -2.38. The van der Waals surface area contributed by atoms with Crippen molar-refractivity contribution < 1.29 is 8.42 Å². The zero-order valence-electron chi connectivity index (χ0n) is 11.0. The average molecular weight is 303 g/mol. The van der Waals surface area contributed by atoms with Gasteiger partial charge < -0.3 is 5.73 Å². The van der Waals surface area contributed by atoms with Crippen LogP contribution in [0.4, 0.5) is 5.69 Å². The standard InChI is InChI=1S/C13H19ClN2O2S/c1-10-5-3-2-4-8-16(10)19(17,18)13-9-11(14)6-7-12(13)15/h6-7,9-10H,2-5,8,15H2,1H3. The van der Waals surface area contributed by atoms with E-state index in [1.54, 1.807) is 10.4 Å². The van der Waals surface area contributed by atoms with Gasteiger partial charge in [0.05, 0.1) is 5.69 Å². The first-order valence-electron chi connectivity index (χ1n) is 6.50. The Morgan fingerprint density at radius 2 is 2.05 bits per heavy atom. The molecule has 4 nitrogen and oxygen atoms in total. The fraction of sp³-hybridized carbons (Fsp3) is 0.538. The highest BCUT2D eigenvalue weighted by atomic mass is 35.5. The van der Waals surface area contributed by atoms with Crippen LogP contribution < -0.4 is 5.73 Å².